The Labute approximate surface area is 119 Å². The van der Waals surface area contributed by atoms with Crippen LogP contribution in [0.3, 0.4) is 0 Å². The number of esters is 1. The summed E-state index contributed by atoms with van der Waals surface area (Å²) in [7, 11) is 0. The second-order valence-corrected chi connectivity index (χ2v) is 7.48. The van der Waals surface area contributed by atoms with Crippen molar-refractivity contribution in [2.75, 3.05) is 6.61 Å². The standard InChI is InChI=1S/C17H22O3/c18-17(20-14-2-1-5-19-14)13-8-11-7-12(13)16-10-4-3-9(6-10)15(11)16/h3-4,9-16H,1-2,5-8H2. The van der Waals surface area contributed by atoms with E-state index in [1.54, 1.807) is 0 Å². The largest absolute Gasteiger partial charge is 0.436 e. The molecule has 0 spiro atoms. The van der Waals surface area contributed by atoms with Crippen molar-refractivity contribution < 1.29 is 14.3 Å². The van der Waals surface area contributed by atoms with Crippen LogP contribution in [-0.4, -0.2) is 18.9 Å². The van der Waals surface area contributed by atoms with E-state index in [9.17, 15) is 4.79 Å². The molecule has 4 fully saturated rings. The van der Waals surface area contributed by atoms with Crippen molar-refractivity contribution in [3.05, 3.63) is 12.2 Å². The maximum absolute atomic E-state index is 12.5. The topological polar surface area (TPSA) is 35.5 Å². The Balaban J connectivity index is 1.32. The predicted octanol–water partition coefficient (Wildman–Crippen LogP) is 2.76. The molecule has 0 aromatic carbocycles. The van der Waals surface area contributed by atoms with Crippen LogP contribution < -0.4 is 0 Å². The first-order valence-electron chi connectivity index (χ1n) is 8.31. The molecule has 108 valence electrons. The molecule has 0 aromatic heterocycles. The number of fused-ring (bicyclic) bond motifs is 9. The Morgan fingerprint density at radius 1 is 1.10 bits per heavy atom. The molecular formula is C17H22O3. The zero-order valence-corrected chi connectivity index (χ0v) is 11.7. The van der Waals surface area contributed by atoms with Crippen LogP contribution in [0.25, 0.3) is 0 Å². The van der Waals surface area contributed by atoms with E-state index in [1.807, 2.05) is 0 Å². The second-order valence-electron chi connectivity index (χ2n) is 7.48. The molecular weight excluding hydrogens is 252 g/mol. The number of allylic oxidation sites excluding steroid dienone is 2. The van der Waals surface area contributed by atoms with Crippen molar-refractivity contribution in [2.24, 2.45) is 41.4 Å². The summed E-state index contributed by atoms with van der Waals surface area (Å²) in [6.07, 6.45) is 10.2. The zero-order chi connectivity index (χ0) is 13.3. The van der Waals surface area contributed by atoms with Gasteiger partial charge in [0.15, 0.2) is 0 Å². The molecule has 20 heavy (non-hydrogen) atoms. The molecule has 0 aromatic rings. The summed E-state index contributed by atoms with van der Waals surface area (Å²) < 4.78 is 11.0. The highest BCUT2D eigenvalue weighted by molar-refractivity contribution is 5.73. The zero-order valence-electron chi connectivity index (χ0n) is 11.7. The normalized spacial score (nSPS) is 54.6. The van der Waals surface area contributed by atoms with Gasteiger partial charge in [-0.15, -0.1) is 0 Å². The van der Waals surface area contributed by atoms with Gasteiger partial charge in [0, 0.05) is 6.42 Å². The fraction of sp³-hybridized carbons (Fsp3) is 0.824. The van der Waals surface area contributed by atoms with Crippen molar-refractivity contribution in [1.29, 1.82) is 0 Å². The van der Waals surface area contributed by atoms with E-state index >= 15 is 0 Å². The minimum Gasteiger partial charge on any atom is -0.436 e. The second kappa shape index (κ2) is 4.09. The van der Waals surface area contributed by atoms with Crippen LogP contribution in [0.1, 0.15) is 32.1 Å². The van der Waals surface area contributed by atoms with Gasteiger partial charge in [0.1, 0.15) is 0 Å². The monoisotopic (exact) mass is 274 g/mol. The molecule has 4 bridgehead atoms. The highest BCUT2D eigenvalue weighted by atomic mass is 16.7. The SMILES string of the molecule is O=C(OC1CCCO1)C1CC2CC1C1C3C=CC(C3)C21. The van der Waals surface area contributed by atoms with Gasteiger partial charge in [-0.2, -0.15) is 0 Å². The van der Waals surface area contributed by atoms with Crippen LogP contribution >= 0.6 is 0 Å². The van der Waals surface area contributed by atoms with E-state index in [-0.39, 0.29) is 18.2 Å². The maximum atomic E-state index is 12.5. The summed E-state index contributed by atoms with van der Waals surface area (Å²) in [6.45, 7) is 0.744. The van der Waals surface area contributed by atoms with Gasteiger partial charge in [-0.1, -0.05) is 12.2 Å². The van der Waals surface area contributed by atoms with Gasteiger partial charge in [0.25, 0.3) is 0 Å². The first-order chi connectivity index (χ1) is 9.81. The smallest absolute Gasteiger partial charge is 0.311 e. The van der Waals surface area contributed by atoms with Crippen LogP contribution in [0.15, 0.2) is 12.2 Å². The molecule has 3 nitrogen and oxygen atoms in total. The number of ether oxygens (including phenoxy) is 2. The lowest BCUT2D eigenvalue weighted by Gasteiger charge is -2.35. The third-order valence-corrected chi connectivity index (χ3v) is 6.71. The summed E-state index contributed by atoms with van der Waals surface area (Å²) in [6, 6.07) is 0. The van der Waals surface area contributed by atoms with Gasteiger partial charge in [0.05, 0.1) is 12.5 Å². The van der Waals surface area contributed by atoms with E-state index in [1.165, 1.54) is 12.8 Å². The number of hydrogen-bond acceptors (Lipinski definition) is 3. The van der Waals surface area contributed by atoms with E-state index in [2.05, 4.69) is 12.2 Å². The fourth-order valence-corrected chi connectivity index (χ4v) is 6.15. The molecule has 0 radical (unpaired) electrons. The van der Waals surface area contributed by atoms with Crippen molar-refractivity contribution in [1.82, 2.24) is 0 Å². The van der Waals surface area contributed by atoms with E-state index < -0.39 is 0 Å². The Morgan fingerprint density at radius 2 is 1.95 bits per heavy atom. The van der Waals surface area contributed by atoms with Crippen LogP contribution in [0.4, 0.5) is 0 Å². The summed E-state index contributed by atoms with van der Waals surface area (Å²) in [5, 5.41) is 0. The van der Waals surface area contributed by atoms with Crippen molar-refractivity contribution in [3.8, 4) is 0 Å². The van der Waals surface area contributed by atoms with Crippen LogP contribution in [0, 0.1) is 41.4 Å². The molecule has 1 saturated heterocycles. The van der Waals surface area contributed by atoms with Gasteiger partial charge in [0.2, 0.25) is 6.29 Å². The Kier molecular flexibility index (Phi) is 2.41. The summed E-state index contributed by atoms with van der Waals surface area (Å²) in [4.78, 5) is 12.5. The minimum absolute atomic E-state index is 0.0367. The van der Waals surface area contributed by atoms with Crippen molar-refractivity contribution in [3.63, 3.8) is 0 Å². The molecule has 3 heteroatoms. The minimum atomic E-state index is -0.252. The van der Waals surface area contributed by atoms with E-state index in [4.69, 9.17) is 9.47 Å². The maximum Gasteiger partial charge on any atom is 0.311 e. The summed E-state index contributed by atoms with van der Waals surface area (Å²) >= 11 is 0. The molecule has 0 amide bonds. The third kappa shape index (κ3) is 1.47. The van der Waals surface area contributed by atoms with Crippen LogP contribution in [-0.2, 0) is 14.3 Å². The highest BCUT2D eigenvalue weighted by Crippen LogP contribution is 2.67. The molecule has 4 aliphatic carbocycles. The first-order valence-corrected chi connectivity index (χ1v) is 8.31. The molecule has 1 heterocycles. The summed E-state index contributed by atoms with van der Waals surface area (Å²) in [5.74, 6) is 4.85. The quantitative estimate of drug-likeness (QED) is 0.441. The lowest BCUT2D eigenvalue weighted by molar-refractivity contribution is -0.177. The van der Waals surface area contributed by atoms with Crippen molar-refractivity contribution in [2.45, 2.75) is 38.4 Å². The summed E-state index contributed by atoms with van der Waals surface area (Å²) in [5.41, 5.74) is 0. The van der Waals surface area contributed by atoms with Crippen LogP contribution in [0.2, 0.25) is 0 Å². The Hall–Kier alpha value is -0.830. The average molecular weight is 274 g/mol. The van der Waals surface area contributed by atoms with Gasteiger partial charge < -0.3 is 9.47 Å². The average Bonchev–Trinajstić information content (AvgIpc) is 3.22. The molecule has 0 N–H and O–H groups in total. The molecule has 3 saturated carbocycles. The van der Waals surface area contributed by atoms with E-state index in [0.717, 1.165) is 55.5 Å². The predicted molar refractivity (Wildman–Crippen MR) is 72.5 cm³/mol. The number of carbonyl (C=O) groups is 1. The van der Waals surface area contributed by atoms with Gasteiger partial charge in [-0.25, -0.2) is 0 Å². The lowest BCUT2D eigenvalue weighted by atomic mass is 9.69. The molecule has 8 atom stereocenters. The highest BCUT2D eigenvalue weighted by Gasteiger charge is 2.62. The number of hydrogen-bond donors (Lipinski definition) is 0. The lowest BCUT2D eigenvalue weighted by Crippen LogP contribution is -2.36. The van der Waals surface area contributed by atoms with Crippen LogP contribution in [0.5, 0.6) is 0 Å². The Morgan fingerprint density at radius 3 is 2.75 bits per heavy atom. The number of carbonyl (C=O) groups excluding carboxylic acids is 1. The van der Waals surface area contributed by atoms with Gasteiger partial charge in [-0.3, -0.25) is 4.79 Å². The third-order valence-electron chi connectivity index (χ3n) is 6.71. The van der Waals surface area contributed by atoms with E-state index in [0.29, 0.717) is 5.92 Å². The fourth-order valence-electron chi connectivity index (χ4n) is 6.15. The molecule has 1 aliphatic heterocycles. The number of rotatable bonds is 2. The molecule has 8 unspecified atom stereocenters. The molecule has 5 rings (SSSR count). The van der Waals surface area contributed by atoms with Gasteiger partial charge >= 0.3 is 5.97 Å². The van der Waals surface area contributed by atoms with Gasteiger partial charge in [-0.05, 0) is 61.2 Å². The first kappa shape index (κ1) is 11.8. The Bertz CT molecular complexity index is 465. The van der Waals surface area contributed by atoms with Crippen molar-refractivity contribution >= 4 is 5.97 Å². The molecule has 5 aliphatic rings.